The topological polar surface area (TPSA) is 59.8 Å². The lowest BCUT2D eigenvalue weighted by Gasteiger charge is -2.10. The van der Waals surface area contributed by atoms with Crippen molar-refractivity contribution in [2.45, 2.75) is 32.2 Å². The number of hydrogen-bond donors (Lipinski definition) is 1. The highest BCUT2D eigenvalue weighted by atomic mass is 35.5. The SMILES string of the molecule is O=C(/C=C/c1cccc(F)c1)Nc1ccc(Cl)c(-c2nnc3n2CCCCC3)c1. The van der Waals surface area contributed by atoms with Crippen LogP contribution in [0.5, 0.6) is 0 Å². The zero-order valence-corrected chi connectivity index (χ0v) is 16.5. The van der Waals surface area contributed by atoms with Crippen molar-refractivity contribution < 1.29 is 9.18 Å². The average Bonchev–Trinajstić information content (AvgIpc) is 2.95. The maximum atomic E-state index is 13.2. The third-order valence-electron chi connectivity index (χ3n) is 4.86. The van der Waals surface area contributed by atoms with Crippen LogP contribution >= 0.6 is 11.6 Å². The largest absolute Gasteiger partial charge is 0.322 e. The predicted octanol–water partition coefficient (Wildman–Crippen LogP) is 5.12. The van der Waals surface area contributed by atoms with E-state index in [0.717, 1.165) is 43.0 Å². The van der Waals surface area contributed by atoms with Crippen molar-refractivity contribution in [3.05, 3.63) is 70.8 Å². The third-order valence-corrected chi connectivity index (χ3v) is 5.19. The molecule has 0 atom stereocenters. The van der Waals surface area contributed by atoms with E-state index in [9.17, 15) is 9.18 Å². The highest BCUT2D eigenvalue weighted by molar-refractivity contribution is 6.33. The van der Waals surface area contributed by atoms with Gasteiger partial charge in [-0.2, -0.15) is 0 Å². The lowest BCUT2D eigenvalue weighted by molar-refractivity contribution is -0.111. The van der Waals surface area contributed by atoms with Crippen LogP contribution in [-0.2, 0) is 17.8 Å². The second-order valence-corrected chi connectivity index (χ2v) is 7.38. The Kier molecular flexibility index (Phi) is 5.71. The summed E-state index contributed by atoms with van der Waals surface area (Å²) in [6.07, 6.45) is 7.20. The van der Waals surface area contributed by atoms with Gasteiger partial charge in [0.2, 0.25) is 5.91 Å². The molecule has 3 aromatic rings. The van der Waals surface area contributed by atoms with E-state index in [1.807, 2.05) is 0 Å². The zero-order chi connectivity index (χ0) is 20.2. The molecular weight excluding hydrogens is 391 g/mol. The Morgan fingerprint density at radius 3 is 2.90 bits per heavy atom. The Balaban J connectivity index is 1.54. The van der Waals surface area contributed by atoms with Gasteiger partial charge in [-0.1, -0.05) is 30.2 Å². The fraction of sp³-hybridized carbons (Fsp3) is 0.227. The van der Waals surface area contributed by atoms with E-state index in [-0.39, 0.29) is 11.7 Å². The number of nitrogens with one attached hydrogen (secondary N) is 1. The lowest BCUT2D eigenvalue weighted by atomic mass is 10.1. The van der Waals surface area contributed by atoms with Crippen molar-refractivity contribution in [2.24, 2.45) is 0 Å². The van der Waals surface area contributed by atoms with Gasteiger partial charge >= 0.3 is 0 Å². The normalized spacial score (nSPS) is 13.9. The first-order valence-corrected chi connectivity index (χ1v) is 9.94. The molecule has 1 amide bonds. The van der Waals surface area contributed by atoms with E-state index < -0.39 is 0 Å². The fourth-order valence-corrected chi connectivity index (χ4v) is 3.63. The van der Waals surface area contributed by atoms with Crippen molar-refractivity contribution in [1.29, 1.82) is 0 Å². The van der Waals surface area contributed by atoms with Gasteiger partial charge in [0.25, 0.3) is 0 Å². The fourth-order valence-electron chi connectivity index (χ4n) is 3.42. The molecule has 0 aliphatic carbocycles. The Morgan fingerprint density at radius 2 is 2.03 bits per heavy atom. The average molecular weight is 411 g/mol. The summed E-state index contributed by atoms with van der Waals surface area (Å²) >= 11 is 6.42. The molecule has 4 rings (SSSR count). The lowest BCUT2D eigenvalue weighted by Crippen LogP contribution is -2.08. The number of aromatic nitrogens is 3. The monoisotopic (exact) mass is 410 g/mol. The van der Waals surface area contributed by atoms with Crippen LogP contribution in [0, 0.1) is 5.82 Å². The van der Waals surface area contributed by atoms with Crippen LogP contribution < -0.4 is 5.32 Å². The molecule has 1 N–H and O–H groups in total. The number of aryl methyl sites for hydroxylation is 1. The van der Waals surface area contributed by atoms with E-state index in [0.29, 0.717) is 16.3 Å². The van der Waals surface area contributed by atoms with Gasteiger partial charge in [0.05, 0.1) is 5.02 Å². The van der Waals surface area contributed by atoms with E-state index in [4.69, 9.17) is 11.6 Å². The van der Waals surface area contributed by atoms with E-state index >= 15 is 0 Å². The highest BCUT2D eigenvalue weighted by Gasteiger charge is 2.18. The molecule has 1 aliphatic rings. The van der Waals surface area contributed by atoms with E-state index in [2.05, 4.69) is 20.1 Å². The summed E-state index contributed by atoms with van der Waals surface area (Å²) in [5, 5.41) is 12.0. The second-order valence-electron chi connectivity index (χ2n) is 6.97. The van der Waals surface area contributed by atoms with Gasteiger partial charge in [0.1, 0.15) is 11.6 Å². The minimum atomic E-state index is -0.345. The number of benzene rings is 2. The molecular formula is C22H20ClFN4O. The number of anilines is 1. The maximum absolute atomic E-state index is 13.2. The molecule has 1 aromatic heterocycles. The molecule has 0 saturated carbocycles. The number of rotatable bonds is 4. The van der Waals surface area contributed by atoms with E-state index in [1.165, 1.54) is 24.6 Å². The minimum absolute atomic E-state index is 0.317. The van der Waals surface area contributed by atoms with Gasteiger partial charge in [-0.15, -0.1) is 10.2 Å². The predicted molar refractivity (Wildman–Crippen MR) is 112 cm³/mol. The van der Waals surface area contributed by atoms with Gasteiger partial charge in [-0.3, -0.25) is 4.79 Å². The summed E-state index contributed by atoms with van der Waals surface area (Å²) in [6.45, 7) is 0.862. The summed E-state index contributed by atoms with van der Waals surface area (Å²) in [7, 11) is 0. The van der Waals surface area contributed by atoms with Gasteiger partial charge in [0.15, 0.2) is 5.82 Å². The molecule has 0 unspecified atom stereocenters. The number of fused-ring (bicyclic) bond motifs is 1. The number of amides is 1. The van der Waals surface area contributed by atoms with Gasteiger partial charge in [0, 0.05) is 30.3 Å². The molecule has 1 aliphatic heterocycles. The van der Waals surface area contributed by atoms with Crippen LogP contribution in [0.25, 0.3) is 17.5 Å². The van der Waals surface area contributed by atoms with Crippen LogP contribution in [0.1, 0.15) is 30.7 Å². The highest BCUT2D eigenvalue weighted by Crippen LogP contribution is 2.31. The molecule has 0 spiro atoms. The van der Waals surface area contributed by atoms with Crippen molar-refractivity contribution >= 4 is 29.3 Å². The standard InChI is InChI=1S/C22H20ClFN4O/c23-19-10-9-17(25-21(29)11-8-15-5-4-6-16(24)13-15)14-18(19)22-27-26-20-7-2-1-3-12-28(20)22/h4-6,8-11,13-14H,1-3,7,12H2,(H,25,29)/b11-8+. The van der Waals surface area contributed by atoms with Crippen molar-refractivity contribution in [3.63, 3.8) is 0 Å². The third kappa shape index (κ3) is 4.54. The summed E-state index contributed by atoms with van der Waals surface area (Å²) < 4.78 is 15.4. The Morgan fingerprint density at radius 1 is 1.14 bits per heavy atom. The van der Waals surface area contributed by atoms with Crippen LogP contribution in [0.2, 0.25) is 5.02 Å². The molecule has 29 heavy (non-hydrogen) atoms. The maximum Gasteiger partial charge on any atom is 0.248 e. The first-order chi connectivity index (χ1) is 14.1. The number of nitrogens with zero attached hydrogens (tertiary/aromatic N) is 3. The van der Waals surface area contributed by atoms with Crippen molar-refractivity contribution in [3.8, 4) is 11.4 Å². The van der Waals surface area contributed by atoms with Gasteiger partial charge in [-0.05, 0) is 54.8 Å². The van der Waals surface area contributed by atoms with Crippen LogP contribution in [0.3, 0.4) is 0 Å². The molecule has 5 nitrogen and oxygen atoms in total. The van der Waals surface area contributed by atoms with Gasteiger partial charge < -0.3 is 9.88 Å². The first-order valence-electron chi connectivity index (χ1n) is 9.57. The molecule has 0 radical (unpaired) electrons. The number of halogens is 2. The first kappa shape index (κ1) is 19.3. The molecule has 0 fully saturated rings. The molecule has 0 saturated heterocycles. The number of carbonyl (C=O) groups is 1. The smallest absolute Gasteiger partial charge is 0.248 e. The summed E-state index contributed by atoms with van der Waals surface area (Å²) in [6, 6.07) is 11.3. The quantitative estimate of drug-likeness (QED) is 0.607. The Labute approximate surface area is 173 Å². The molecule has 0 bridgehead atoms. The summed E-state index contributed by atoms with van der Waals surface area (Å²) in [4.78, 5) is 12.3. The van der Waals surface area contributed by atoms with Gasteiger partial charge in [-0.25, -0.2) is 4.39 Å². The number of carbonyl (C=O) groups excluding carboxylic acids is 1. The van der Waals surface area contributed by atoms with Crippen molar-refractivity contribution in [2.75, 3.05) is 5.32 Å². The summed E-state index contributed by atoms with van der Waals surface area (Å²) in [5.41, 5.74) is 1.95. The Bertz CT molecular complexity index is 1080. The summed E-state index contributed by atoms with van der Waals surface area (Å²) in [5.74, 6) is 1.03. The van der Waals surface area contributed by atoms with Crippen molar-refractivity contribution in [1.82, 2.24) is 14.8 Å². The number of hydrogen-bond acceptors (Lipinski definition) is 3. The molecule has 148 valence electrons. The van der Waals surface area contributed by atoms with Crippen LogP contribution in [-0.4, -0.2) is 20.7 Å². The Hall–Kier alpha value is -2.99. The van der Waals surface area contributed by atoms with Crippen LogP contribution in [0.4, 0.5) is 10.1 Å². The molecule has 2 aromatic carbocycles. The zero-order valence-electron chi connectivity index (χ0n) is 15.7. The minimum Gasteiger partial charge on any atom is -0.322 e. The molecule has 2 heterocycles. The van der Waals surface area contributed by atoms with Crippen LogP contribution in [0.15, 0.2) is 48.5 Å². The second kappa shape index (κ2) is 8.57. The van der Waals surface area contributed by atoms with E-state index in [1.54, 1.807) is 36.4 Å². The molecule has 7 heteroatoms.